The number of β-amino-alcohol motifs (C(OH)–C–C–N with tert-alkyl or cyclic N) is 1. The first-order valence-electron chi connectivity index (χ1n) is 3.84. The van der Waals surface area contributed by atoms with E-state index in [0.29, 0.717) is 13.1 Å². The molecule has 1 fully saturated rings. The SMILES string of the molecule is C[C@@H](F)[C@@H]1CNC[C@@H](O)[C@@H]1O. The number of aliphatic hydroxyl groups excluding tert-OH is 2. The quantitative estimate of drug-likeness (QED) is 0.478. The van der Waals surface area contributed by atoms with Gasteiger partial charge in [0.25, 0.3) is 0 Å². The molecule has 0 spiro atoms. The van der Waals surface area contributed by atoms with Crippen molar-refractivity contribution in [3.63, 3.8) is 0 Å². The third-order valence-electron chi connectivity index (χ3n) is 2.16. The van der Waals surface area contributed by atoms with Gasteiger partial charge in [-0.3, -0.25) is 0 Å². The highest BCUT2D eigenvalue weighted by atomic mass is 19.1. The summed E-state index contributed by atoms with van der Waals surface area (Å²) in [6.45, 7) is 2.19. The Kier molecular flexibility index (Phi) is 2.81. The monoisotopic (exact) mass is 163 g/mol. The van der Waals surface area contributed by atoms with E-state index in [-0.39, 0.29) is 0 Å². The molecule has 1 aliphatic heterocycles. The maximum Gasteiger partial charge on any atom is 0.104 e. The van der Waals surface area contributed by atoms with E-state index in [4.69, 9.17) is 5.11 Å². The summed E-state index contributed by atoms with van der Waals surface area (Å²) in [5, 5.41) is 21.2. The van der Waals surface area contributed by atoms with Crippen LogP contribution in [0.4, 0.5) is 4.39 Å². The normalized spacial score (nSPS) is 42.0. The molecular formula is C7H14FNO2. The minimum atomic E-state index is -1.08. The molecule has 66 valence electrons. The van der Waals surface area contributed by atoms with Gasteiger partial charge in [-0.2, -0.15) is 0 Å². The molecule has 0 bridgehead atoms. The third kappa shape index (κ3) is 1.89. The van der Waals surface area contributed by atoms with E-state index < -0.39 is 24.3 Å². The molecule has 1 rings (SSSR count). The Balaban J connectivity index is 2.51. The van der Waals surface area contributed by atoms with Crippen LogP contribution >= 0.6 is 0 Å². The lowest BCUT2D eigenvalue weighted by atomic mass is 9.91. The Bertz CT molecular complexity index is 132. The molecule has 0 aromatic heterocycles. The van der Waals surface area contributed by atoms with Crippen LogP contribution in [0.1, 0.15) is 6.92 Å². The van der Waals surface area contributed by atoms with E-state index in [9.17, 15) is 9.50 Å². The van der Waals surface area contributed by atoms with Gasteiger partial charge in [0.05, 0.1) is 12.2 Å². The van der Waals surface area contributed by atoms with Crippen LogP contribution in [0.25, 0.3) is 0 Å². The standard InChI is InChI=1S/C7H14FNO2/c1-4(8)5-2-9-3-6(10)7(5)11/h4-7,9-11H,2-3H2,1H3/t4-,5+,6-,7-/m1/s1. The van der Waals surface area contributed by atoms with Gasteiger partial charge in [-0.05, 0) is 6.92 Å². The van der Waals surface area contributed by atoms with Crippen molar-refractivity contribution >= 4 is 0 Å². The summed E-state index contributed by atoms with van der Waals surface area (Å²) in [5.74, 6) is -0.473. The number of rotatable bonds is 1. The van der Waals surface area contributed by atoms with Gasteiger partial charge < -0.3 is 15.5 Å². The van der Waals surface area contributed by atoms with E-state index >= 15 is 0 Å². The van der Waals surface area contributed by atoms with Crippen LogP contribution in [0.3, 0.4) is 0 Å². The predicted molar refractivity (Wildman–Crippen MR) is 38.9 cm³/mol. The van der Waals surface area contributed by atoms with Crippen LogP contribution < -0.4 is 5.32 Å². The average molecular weight is 163 g/mol. The molecule has 0 amide bonds. The van der Waals surface area contributed by atoms with Crippen molar-refractivity contribution in [2.75, 3.05) is 13.1 Å². The van der Waals surface area contributed by atoms with Gasteiger partial charge in [-0.1, -0.05) is 0 Å². The average Bonchev–Trinajstić information content (AvgIpc) is 1.94. The van der Waals surface area contributed by atoms with E-state index in [1.165, 1.54) is 6.92 Å². The summed E-state index contributed by atoms with van der Waals surface area (Å²) in [5.41, 5.74) is 0. The van der Waals surface area contributed by atoms with Gasteiger partial charge in [0, 0.05) is 19.0 Å². The van der Waals surface area contributed by atoms with E-state index in [1.54, 1.807) is 0 Å². The highest BCUT2D eigenvalue weighted by molar-refractivity contribution is 4.86. The topological polar surface area (TPSA) is 52.5 Å². The van der Waals surface area contributed by atoms with Gasteiger partial charge in [0.15, 0.2) is 0 Å². The lowest BCUT2D eigenvalue weighted by molar-refractivity contribution is -0.0543. The van der Waals surface area contributed by atoms with Crippen molar-refractivity contribution in [2.45, 2.75) is 25.3 Å². The molecule has 0 radical (unpaired) electrons. The van der Waals surface area contributed by atoms with Crippen molar-refractivity contribution in [3.05, 3.63) is 0 Å². The fraction of sp³-hybridized carbons (Fsp3) is 1.00. The Morgan fingerprint density at radius 2 is 2.09 bits per heavy atom. The van der Waals surface area contributed by atoms with Crippen molar-refractivity contribution in [1.29, 1.82) is 0 Å². The molecule has 4 atom stereocenters. The summed E-state index contributed by atoms with van der Waals surface area (Å²) in [6.07, 6.45) is -2.82. The molecule has 0 aromatic rings. The van der Waals surface area contributed by atoms with Crippen molar-refractivity contribution in [3.8, 4) is 0 Å². The van der Waals surface area contributed by atoms with Gasteiger partial charge in [-0.25, -0.2) is 4.39 Å². The fourth-order valence-corrected chi connectivity index (χ4v) is 1.36. The van der Waals surface area contributed by atoms with Gasteiger partial charge in [-0.15, -0.1) is 0 Å². The van der Waals surface area contributed by atoms with Crippen LogP contribution in [0.2, 0.25) is 0 Å². The van der Waals surface area contributed by atoms with Crippen LogP contribution in [-0.2, 0) is 0 Å². The number of piperidine rings is 1. The van der Waals surface area contributed by atoms with E-state index in [1.807, 2.05) is 0 Å². The highest BCUT2D eigenvalue weighted by Gasteiger charge is 2.33. The zero-order chi connectivity index (χ0) is 8.43. The summed E-state index contributed by atoms with van der Waals surface area (Å²) >= 11 is 0. The number of alkyl halides is 1. The summed E-state index contributed by atoms with van der Waals surface area (Å²) in [4.78, 5) is 0. The van der Waals surface area contributed by atoms with Crippen molar-refractivity contribution in [2.24, 2.45) is 5.92 Å². The molecule has 11 heavy (non-hydrogen) atoms. The second-order valence-electron chi connectivity index (χ2n) is 3.06. The van der Waals surface area contributed by atoms with Crippen LogP contribution in [-0.4, -0.2) is 41.7 Å². The molecule has 1 heterocycles. The summed E-state index contributed by atoms with van der Waals surface area (Å²) in [6, 6.07) is 0. The smallest absolute Gasteiger partial charge is 0.104 e. The third-order valence-corrected chi connectivity index (χ3v) is 2.16. The molecule has 0 aromatic carbocycles. The number of halogens is 1. The van der Waals surface area contributed by atoms with Crippen molar-refractivity contribution in [1.82, 2.24) is 5.32 Å². The Morgan fingerprint density at radius 3 is 2.55 bits per heavy atom. The molecule has 0 saturated carbocycles. The Labute approximate surface area is 65.2 Å². The zero-order valence-corrected chi connectivity index (χ0v) is 6.50. The first-order valence-corrected chi connectivity index (χ1v) is 3.84. The second-order valence-corrected chi connectivity index (χ2v) is 3.06. The van der Waals surface area contributed by atoms with Gasteiger partial charge in [0.2, 0.25) is 0 Å². The highest BCUT2D eigenvalue weighted by Crippen LogP contribution is 2.17. The van der Waals surface area contributed by atoms with E-state index in [0.717, 1.165) is 0 Å². The largest absolute Gasteiger partial charge is 0.390 e. The number of aliphatic hydroxyl groups is 2. The molecule has 1 aliphatic rings. The molecule has 3 nitrogen and oxygen atoms in total. The lowest BCUT2D eigenvalue weighted by Gasteiger charge is -2.33. The zero-order valence-electron chi connectivity index (χ0n) is 6.50. The van der Waals surface area contributed by atoms with Gasteiger partial charge >= 0.3 is 0 Å². The molecule has 3 N–H and O–H groups in total. The maximum atomic E-state index is 12.7. The molecule has 0 unspecified atom stereocenters. The van der Waals surface area contributed by atoms with Crippen LogP contribution in [0, 0.1) is 5.92 Å². The number of hydrogen-bond acceptors (Lipinski definition) is 3. The summed E-state index contributed by atoms with van der Waals surface area (Å²) < 4.78 is 12.7. The van der Waals surface area contributed by atoms with Crippen molar-refractivity contribution < 1.29 is 14.6 Å². The lowest BCUT2D eigenvalue weighted by Crippen LogP contribution is -2.52. The van der Waals surface area contributed by atoms with Gasteiger partial charge in [0.1, 0.15) is 6.17 Å². The number of hydrogen-bond donors (Lipinski definition) is 3. The Hall–Kier alpha value is -0.190. The number of nitrogens with one attached hydrogen (secondary N) is 1. The molecular weight excluding hydrogens is 149 g/mol. The van der Waals surface area contributed by atoms with Crippen LogP contribution in [0.15, 0.2) is 0 Å². The first kappa shape index (κ1) is 8.90. The molecule has 0 aliphatic carbocycles. The molecule has 1 saturated heterocycles. The first-order chi connectivity index (χ1) is 5.13. The van der Waals surface area contributed by atoms with Crippen LogP contribution in [0.5, 0.6) is 0 Å². The fourth-order valence-electron chi connectivity index (χ4n) is 1.36. The Morgan fingerprint density at radius 1 is 1.45 bits per heavy atom. The summed E-state index contributed by atoms with van der Waals surface area (Å²) in [7, 11) is 0. The predicted octanol–water partition coefficient (Wildman–Crippen LogP) is -0.714. The minimum Gasteiger partial charge on any atom is -0.390 e. The second kappa shape index (κ2) is 3.47. The molecule has 4 heteroatoms. The minimum absolute atomic E-state index is 0.352. The maximum absolute atomic E-state index is 12.7. The van der Waals surface area contributed by atoms with E-state index in [2.05, 4.69) is 5.32 Å².